The summed E-state index contributed by atoms with van der Waals surface area (Å²) in [7, 11) is 1.76. The third kappa shape index (κ3) is 1.74. The molecular weight excluding hydrogens is 76.1 g/mol. The Morgan fingerprint density at radius 1 is 1.83 bits per heavy atom. The van der Waals surface area contributed by atoms with Crippen molar-refractivity contribution in [2.45, 2.75) is 13.0 Å². The fourth-order valence-corrected chi connectivity index (χ4v) is 0.0645. The van der Waals surface area contributed by atoms with Gasteiger partial charge in [0.2, 0.25) is 0 Å². The standard InChI is InChI=1S/C4H8N2/c1-4(3-5)6-2/h4,6H,1-2H3/t4-/m0/s1. The van der Waals surface area contributed by atoms with Gasteiger partial charge in [-0.1, -0.05) is 0 Å². The van der Waals surface area contributed by atoms with E-state index in [1.54, 1.807) is 14.0 Å². The lowest BCUT2D eigenvalue weighted by Gasteiger charge is -1.92. The van der Waals surface area contributed by atoms with Crippen LogP contribution in [-0.2, 0) is 0 Å². The molecule has 2 heteroatoms. The zero-order valence-corrected chi connectivity index (χ0v) is 4.02. The molecule has 0 rings (SSSR count). The number of rotatable bonds is 1. The van der Waals surface area contributed by atoms with Crippen LogP contribution in [0.2, 0.25) is 0 Å². The van der Waals surface area contributed by atoms with Crippen molar-refractivity contribution in [1.29, 1.82) is 5.26 Å². The Balaban J connectivity index is 3.04. The summed E-state index contributed by atoms with van der Waals surface area (Å²) in [6.45, 7) is 1.81. The maximum Gasteiger partial charge on any atom is 0.0922 e. The van der Waals surface area contributed by atoms with Crippen molar-refractivity contribution in [2.75, 3.05) is 7.05 Å². The summed E-state index contributed by atoms with van der Waals surface area (Å²) >= 11 is 0. The van der Waals surface area contributed by atoms with Crippen LogP contribution in [0.15, 0.2) is 0 Å². The molecule has 0 bridgehead atoms. The molecule has 0 spiro atoms. The number of nitrogens with one attached hydrogen (secondary N) is 1. The molecule has 0 fully saturated rings. The van der Waals surface area contributed by atoms with E-state index >= 15 is 0 Å². The van der Waals surface area contributed by atoms with Gasteiger partial charge in [-0.3, -0.25) is 0 Å². The second-order valence-corrected chi connectivity index (χ2v) is 1.14. The lowest BCUT2D eigenvalue weighted by molar-refractivity contribution is 0.741. The van der Waals surface area contributed by atoms with Gasteiger partial charge in [0.15, 0.2) is 0 Å². The number of nitriles is 1. The monoisotopic (exact) mass is 84.1 g/mol. The van der Waals surface area contributed by atoms with E-state index in [9.17, 15) is 0 Å². The predicted molar refractivity (Wildman–Crippen MR) is 24.1 cm³/mol. The average molecular weight is 84.1 g/mol. The third-order valence-electron chi connectivity index (χ3n) is 0.627. The van der Waals surface area contributed by atoms with E-state index in [1.807, 2.05) is 6.07 Å². The minimum Gasteiger partial charge on any atom is -0.305 e. The molecule has 0 saturated heterocycles. The normalized spacial score (nSPS) is 12.8. The predicted octanol–water partition coefficient (Wildman–Crippen LogP) is 0.118. The largest absolute Gasteiger partial charge is 0.305 e. The van der Waals surface area contributed by atoms with Crippen molar-refractivity contribution in [1.82, 2.24) is 5.32 Å². The first-order valence-electron chi connectivity index (χ1n) is 1.88. The first-order valence-corrected chi connectivity index (χ1v) is 1.88. The smallest absolute Gasteiger partial charge is 0.0922 e. The highest BCUT2D eigenvalue weighted by molar-refractivity contribution is 4.83. The molecular formula is C4H8N2. The maximum atomic E-state index is 8.02. The van der Waals surface area contributed by atoms with Crippen LogP contribution >= 0.6 is 0 Å². The molecule has 0 aliphatic heterocycles. The molecule has 0 amide bonds. The van der Waals surface area contributed by atoms with Crippen molar-refractivity contribution in [2.24, 2.45) is 0 Å². The number of hydrogen-bond donors (Lipinski definition) is 1. The van der Waals surface area contributed by atoms with Crippen LogP contribution in [0, 0.1) is 11.3 Å². The van der Waals surface area contributed by atoms with Crippen molar-refractivity contribution in [3.63, 3.8) is 0 Å². The zero-order valence-electron chi connectivity index (χ0n) is 4.02. The average Bonchev–Trinajstić information content (AvgIpc) is 1.65. The Bertz CT molecular complexity index is 62.4. The van der Waals surface area contributed by atoms with Crippen molar-refractivity contribution < 1.29 is 0 Å². The van der Waals surface area contributed by atoms with Gasteiger partial charge in [-0.05, 0) is 14.0 Å². The molecule has 0 aromatic rings. The van der Waals surface area contributed by atoms with Crippen LogP contribution in [0.5, 0.6) is 0 Å². The summed E-state index contributed by atoms with van der Waals surface area (Å²) in [5.41, 5.74) is 0. The topological polar surface area (TPSA) is 35.8 Å². The summed E-state index contributed by atoms with van der Waals surface area (Å²) in [6, 6.07) is 1.99. The lowest BCUT2D eigenvalue weighted by Crippen LogP contribution is -2.17. The molecule has 6 heavy (non-hydrogen) atoms. The van der Waals surface area contributed by atoms with Crippen LogP contribution < -0.4 is 5.32 Å². The van der Waals surface area contributed by atoms with E-state index in [0.717, 1.165) is 0 Å². The minimum atomic E-state index is -0.00926. The second-order valence-electron chi connectivity index (χ2n) is 1.14. The molecule has 1 atom stereocenters. The van der Waals surface area contributed by atoms with E-state index in [2.05, 4.69) is 5.32 Å². The molecule has 1 N–H and O–H groups in total. The first-order chi connectivity index (χ1) is 2.81. The highest BCUT2D eigenvalue weighted by Gasteiger charge is 1.86. The van der Waals surface area contributed by atoms with Gasteiger partial charge in [-0.25, -0.2) is 0 Å². The highest BCUT2D eigenvalue weighted by Crippen LogP contribution is 1.67. The van der Waals surface area contributed by atoms with Crippen molar-refractivity contribution in [3.05, 3.63) is 0 Å². The highest BCUT2D eigenvalue weighted by atomic mass is 14.8. The Morgan fingerprint density at radius 2 is 2.33 bits per heavy atom. The van der Waals surface area contributed by atoms with E-state index < -0.39 is 0 Å². The molecule has 0 radical (unpaired) electrons. The van der Waals surface area contributed by atoms with Gasteiger partial charge in [-0.2, -0.15) is 5.26 Å². The number of hydrogen-bond acceptors (Lipinski definition) is 2. The van der Waals surface area contributed by atoms with Crippen LogP contribution in [0.4, 0.5) is 0 Å². The Kier molecular flexibility index (Phi) is 2.43. The molecule has 0 aromatic heterocycles. The zero-order chi connectivity index (χ0) is 4.99. The van der Waals surface area contributed by atoms with Gasteiger partial charge in [0.25, 0.3) is 0 Å². The Labute approximate surface area is 37.8 Å². The van der Waals surface area contributed by atoms with Crippen LogP contribution in [0.1, 0.15) is 6.92 Å². The Morgan fingerprint density at radius 3 is 2.33 bits per heavy atom. The van der Waals surface area contributed by atoms with Gasteiger partial charge < -0.3 is 5.32 Å². The second kappa shape index (κ2) is 2.67. The van der Waals surface area contributed by atoms with Gasteiger partial charge >= 0.3 is 0 Å². The number of nitrogens with zero attached hydrogens (tertiary/aromatic N) is 1. The molecule has 2 nitrogen and oxygen atoms in total. The Hall–Kier alpha value is -0.550. The molecule has 0 aliphatic rings. The summed E-state index contributed by atoms with van der Waals surface area (Å²) in [4.78, 5) is 0. The van der Waals surface area contributed by atoms with Crippen LogP contribution in [0.3, 0.4) is 0 Å². The third-order valence-corrected chi connectivity index (χ3v) is 0.627. The van der Waals surface area contributed by atoms with Gasteiger partial charge in [-0.15, -0.1) is 0 Å². The van der Waals surface area contributed by atoms with Gasteiger partial charge in [0.05, 0.1) is 12.1 Å². The van der Waals surface area contributed by atoms with Crippen LogP contribution in [-0.4, -0.2) is 13.1 Å². The molecule has 0 aromatic carbocycles. The first kappa shape index (κ1) is 5.45. The lowest BCUT2D eigenvalue weighted by atomic mass is 10.4. The van der Waals surface area contributed by atoms with Crippen molar-refractivity contribution in [3.8, 4) is 6.07 Å². The van der Waals surface area contributed by atoms with Crippen LogP contribution in [0.25, 0.3) is 0 Å². The van der Waals surface area contributed by atoms with Gasteiger partial charge in [0, 0.05) is 0 Å². The van der Waals surface area contributed by atoms with E-state index in [0.29, 0.717) is 0 Å². The fraction of sp³-hybridized carbons (Fsp3) is 0.750. The molecule has 34 valence electrons. The molecule has 0 aliphatic carbocycles. The molecule has 0 unspecified atom stereocenters. The summed E-state index contributed by atoms with van der Waals surface area (Å²) in [5.74, 6) is 0. The summed E-state index contributed by atoms with van der Waals surface area (Å²) < 4.78 is 0. The minimum absolute atomic E-state index is 0.00926. The summed E-state index contributed by atoms with van der Waals surface area (Å²) in [6.07, 6.45) is 0. The van der Waals surface area contributed by atoms with E-state index in [4.69, 9.17) is 5.26 Å². The van der Waals surface area contributed by atoms with E-state index in [-0.39, 0.29) is 6.04 Å². The quantitative estimate of drug-likeness (QED) is 0.489. The van der Waals surface area contributed by atoms with E-state index in [1.165, 1.54) is 0 Å². The van der Waals surface area contributed by atoms with Crippen molar-refractivity contribution >= 4 is 0 Å². The molecule has 0 heterocycles. The summed E-state index contributed by atoms with van der Waals surface area (Å²) in [5, 5.41) is 10.8. The maximum absolute atomic E-state index is 8.02. The van der Waals surface area contributed by atoms with Gasteiger partial charge in [0.1, 0.15) is 0 Å². The fourth-order valence-electron chi connectivity index (χ4n) is 0.0645. The molecule has 0 saturated carbocycles. The SMILES string of the molecule is CN[C@@H](C)C#N.